The van der Waals surface area contributed by atoms with Crippen molar-refractivity contribution in [3.8, 4) is 0 Å². The monoisotopic (exact) mass is 268 g/mol. The molecule has 2 rings (SSSR count). The first kappa shape index (κ1) is 14.3. The van der Waals surface area contributed by atoms with E-state index in [4.69, 9.17) is 4.74 Å². The average molecular weight is 268 g/mol. The van der Waals surface area contributed by atoms with E-state index in [2.05, 4.69) is 12.2 Å². The van der Waals surface area contributed by atoms with Crippen LogP contribution in [0.25, 0.3) is 0 Å². The molecule has 0 bridgehead atoms. The molecule has 1 N–H and O–H groups in total. The maximum atomic E-state index is 12.4. The molecule has 0 spiro atoms. The predicted octanol–water partition coefficient (Wildman–Crippen LogP) is 0.927. The minimum Gasteiger partial charge on any atom is -0.381 e. The molecule has 108 valence electrons. The van der Waals surface area contributed by atoms with E-state index in [1.165, 1.54) is 0 Å². The quantitative estimate of drug-likeness (QED) is 0.828. The Labute approximate surface area is 114 Å². The lowest BCUT2D eigenvalue weighted by Gasteiger charge is -2.44. The Hall–Kier alpha value is -1.10. The van der Waals surface area contributed by atoms with Gasteiger partial charge in [-0.1, -0.05) is 6.92 Å². The molecular formula is C14H24N2O3. The van der Waals surface area contributed by atoms with Crippen molar-refractivity contribution in [2.24, 2.45) is 5.92 Å². The molecule has 2 amide bonds. The van der Waals surface area contributed by atoms with Crippen molar-refractivity contribution in [2.45, 2.75) is 58.2 Å². The zero-order chi connectivity index (χ0) is 14.0. The number of nitrogens with one attached hydrogen (secondary N) is 1. The second-order valence-electron chi connectivity index (χ2n) is 5.59. The van der Waals surface area contributed by atoms with Gasteiger partial charge in [-0.25, -0.2) is 0 Å². The molecule has 5 heteroatoms. The Bertz CT molecular complexity index is 353. The Morgan fingerprint density at radius 1 is 1.37 bits per heavy atom. The molecule has 0 saturated carbocycles. The highest BCUT2D eigenvalue weighted by atomic mass is 16.5. The summed E-state index contributed by atoms with van der Waals surface area (Å²) >= 11 is 0. The smallest absolute Gasteiger partial charge is 0.245 e. The number of carbonyl (C=O) groups is 2. The second-order valence-corrected chi connectivity index (χ2v) is 5.59. The van der Waals surface area contributed by atoms with Crippen LogP contribution in [-0.2, 0) is 14.3 Å². The molecule has 3 unspecified atom stereocenters. The van der Waals surface area contributed by atoms with E-state index in [0.717, 1.165) is 26.1 Å². The maximum Gasteiger partial charge on any atom is 0.245 e. The van der Waals surface area contributed by atoms with E-state index in [1.54, 1.807) is 6.92 Å². The lowest BCUT2D eigenvalue weighted by atomic mass is 9.89. The largest absolute Gasteiger partial charge is 0.381 e. The van der Waals surface area contributed by atoms with Crippen LogP contribution in [0, 0.1) is 5.92 Å². The molecule has 19 heavy (non-hydrogen) atoms. The zero-order valence-electron chi connectivity index (χ0n) is 12.0. The summed E-state index contributed by atoms with van der Waals surface area (Å²) in [6.07, 6.45) is 2.60. The fourth-order valence-corrected chi connectivity index (χ4v) is 3.17. The topological polar surface area (TPSA) is 58.6 Å². The van der Waals surface area contributed by atoms with Gasteiger partial charge in [0.15, 0.2) is 0 Å². The van der Waals surface area contributed by atoms with Crippen molar-refractivity contribution in [2.75, 3.05) is 13.2 Å². The summed E-state index contributed by atoms with van der Waals surface area (Å²) in [5.74, 6) is 0.462. The summed E-state index contributed by atoms with van der Waals surface area (Å²) in [6, 6.07) is -0.617. The lowest BCUT2D eigenvalue weighted by molar-refractivity contribution is -0.153. The molecule has 5 nitrogen and oxygen atoms in total. The summed E-state index contributed by atoms with van der Waals surface area (Å²) in [5.41, 5.74) is 0. The van der Waals surface area contributed by atoms with Crippen molar-refractivity contribution >= 4 is 11.8 Å². The van der Waals surface area contributed by atoms with Crippen LogP contribution in [0.3, 0.4) is 0 Å². The van der Waals surface area contributed by atoms with Crippen LogP contribution in [-0.4, -0.2) is 48.1 Å². The lowest BCUT2D eigenvalue weighted by Crippen LogP contribution is -2.65. The van der Waals surface area contributed by atoms with Gasteiger partial charge in [-0.3, -0.25) is 9.59 Å². The molecule has 2 aliphatic rings. The van der Waals surface area contributed by atoms with E-state index in [-0.39, 0.29) is 23.9 Å². The third-order valence-electron chi connectivity index (χ3n) is 4.40. The van der Waals surface area contributed by atoms with Gasteiger partial charge in [0, 0.05) is 19.3 Å². The molecule has 3 atom stereocenters. The first-order valence-electron chi connectivity index (χ1n) is 7.26. The number of piperazine rings is 1. The minimum atomic E-state index is -0.405. The Kier molecular flexibility index (Phi) is 4.45. The molecule has 2 aliphatic heterocycles. The average Bonchev–Trinajstić information content (AvgIpc) is 2.42. The Balaban J connectivity index is 2.16. The van der Waals surface area contributed by atoms with Gasteiger partial charge in [-0.05, 0) is 39.0 Å². The van der Waals surface area contributed by atoms with Gasteiger partial charge in [-0.15, -0.1) is 0 Å². The van der Waals surface area contributed by atoms with Crippen molar-refractivity contribution in [3.05, 3.63) is 0 Å². The van der Waals surface area contributed by atoms with E-state index >= 15 is 0 Å². The third-order valence-corrected chi connectivity index (χ3v) is 4.40. The van der Waals surface area contributed by atoms with Crippen LogP contribution in [0.15, 0.2) is 0 Å². The second kappa shape index (κ2) is 5.90. The zero-order valence-corrected chi connectivity index (χ0v) is 12.0. The van der Waals surface area contributed by atoms with E-state index in [1.807, 2.05) is 11.8 Å². The maximum absolute atomic E-state index is 12.4. The normalized spacial score (nSPS) is 31.2. The first-order valence-corrected chi connectivity index (χ1v) is 7.26. The van der Waals surface area contributed by atoms with Gasteiger partial charge in [-0.2, -0.15) is 0 Å². The van der Waals surface area contributed by atoms with Gasteiger partial charge in [0.05, 0.1) is 0 Å². The number of hydrogen-bond donors (Lipinski definition) is 1. The minimum absolute atomic E-state index is 0.0199. The van der Waals surface area contributed by atoms with Crippen molar-refractivity contribution in [1.29, 1.82) is 0 Å². The molecule has 0 aromatic carbocycles. The standard InChI is InChI=1S/C14H24N2O3/c1-4-12-13(17)15-9(2)14(18)16(12)10(3)11-5-7-19-8-6-11/h9-12H,4-8H2,1-3H3,(H,15,17). The fourth-order valence-electron chi connectivity index (χ4n) is 3.17. The van der Waals surface area contributed by atoms with Crippen molar-refractivity contribution < 1.29 is 14.3 Å². The summed E-state index contributed by atoms with van der Waals surface area (Å²) in [7, 11) is 0. The van der Waals surface area contributed by atoms with Gasteiger partial charge >= 0.3 is 0 Å². The highest BCUT2D eigenvalue weighted by molar-refractivity contribution is 5.96. The Morgan fingerprint density at radius 3 is 2.58 bits per heavy atom. The third kappa shape index (κ3) is 2.76. The SMILES string of the molecule is CCC1C(=O)NC(C)C(=O)N1C(C)C1CCOCC1. The van der Waals surface area contributed by atoms with E-state index in [0.29, 0.717) is 12.3 Å². The number of nitrogens with zero attached hydrogens (tertiary/aromatic N) is 1. The Morgan fingerprint density at radius 2 is 2.00 bits per heavy atom. The predicted molar refractivity (Wildman–Crippen MR) is 71.5 cm³/mol. The summed E-state index contributed by atoms with van der Waals surface area (Å²) in [5, 5.41) is 2.76. The number of carbonyl (C=O) groups excluding carboxylic acids is 2. The van der Waals surface area contributed by atoms with Crippen LogP contribution in [0.5, 0.6) is 0 Å². The van der Waals surface area contributed by atoms with Crippen molar-refractivity contribution in [1.82, 2.24) is 10.2 Å². The van der Waals surface area contributed by atoms with Crippen LogP contribution in [0.1, 0.15) is 40.0 Å². The highest BCUT2D eigenvalue weighted by Gasteiger charge is 2.42. The fraction of sp³-hybridized carbons (Fsp3) is 0.857. The molecule has 2 fully saturated rings. The summed E-state index contributed by atoms with van der Waals surface area (Å²) in [4.78, 5) is 26.3. The molecule has 2 heterocycles. The number of ether oxygens (including phenoxy) is 1. The van der Waals surface area contributed by atoms with Crippen LogP contribution >= 0.6 is 0 Å². The number of rotatable bonds is 3. The van der Waals surface area contributed by atoms with Gasteiger partial charge in [0.25, 0.3) is 0 Å². The van der Waals surface area contributed by atoms with Gasteiger partial charge in [0.1, 0.15) is 12.1 Å². The highest BCUT2D eigenvalue weighted by Crippen LogP contribution is 2.27. The number of hydrogen-bond acceptors (Lipinski definition) is 3. The molecule has 0 radical (unpaired) electrons. The van der Waals surface area contributed by atoms with Gasteiger partial charge < -0.3 is 15.0 Å². The van der Waals surface area contributed by atoms with E-state index < -0.39 is 6.04 Å². The summed E-state index contributed by atoms with van der Waals surface area (Å²) < 4.78 is 5.38. The molecule has 0 aromatic heterocycles. The molecule has 2 saturated heterocycles. The van der Waals surface area contributed by atoms with Crippen molar-refractivity contribution in [3.63, 3.8) is 0 Å². The molecule has 0 aliphatic carbocycles. The summed E-state index contributed by atoms with van der Waals surface area (Å²) in [6.45, 7) is 7.31. The van der Waals surface area contributed by atoms with Crippen LogP contribution < -0.4 is 5.32 Å². The van der Waals surface area contributed by atoms with E-state index in [9.17, 15) is 9.59 Å². The first-order chi connectivity index (χ1) is 9.06. The molecule has 0 aromatic rings. The molecular weight excluding hydrogens is 244 g/mol. The van der Waals surface area contributed by atoms with Crippen LogP contribution in [0.4, 0.5) is 0 Å². The number of amides is 2. The van der Waals surface area contributed by atoms with Gasteiger partial charge in [0.2, 0.25) is 11.8 Å². The van der Waals surface area contributed by atoms with Crippen LogP contribution in [0.2, 0.25) is 0 Å².